The fourth-order valence-corrected chi connectivity index (χ4v) is 5.98. The number of para-hydroxylation sites is 1. The minimum absolute atomic E-state index is 0.251. The Hall–Kier alpha value is -4.50. The summed E-state index contributed by atoms with van der Waals surface area (Å²) in [4.78, 5) is 27.6. The van der Waals surface area contributed by atoms with Crippen LogP contribution in [0.2, 0.25) is 0 Å². The summed E-state index contributed by atoms with van der Waals surface area (Å²) in [7, 11) is 0. The van der Waals surface area contributed by atoms with Crippen molar-refractivity contribution in [3.8, 4) is 5.69 Å². The van der Waals surface area contributed by atoms with Gasteiger partial charge in [-0.25, -0.2) is 4.57 Å². The molecule has 1 aromatic heterocycles. The molecule has 0 aliphatic carbocycles. The van der Waals surface area contributed by atoms with E-state index < -0.39 is 0 Å². The van der Waals surface area contributed by atoms with E-state index >= 15 is 0 Å². The number of hydrogen-bond acceptors (Lipinski definition) is 2. The van der Waals surface area contributed by atoms with Crippen LogP contribution in [0.5, 0.6) is 0 Å². The predicted molar refractivity (Wildman–Crippen MR) is 137 cm³/mol. The summed E-state index contributed by atoms with van der Waals surface area (Å²) >= 11 is 0. The second-order valence-electron chi connectivity index (χ2n) is 8.81. The van der Waals surface area contributed by atoms with Crippen LogP contribution in [0, 0.1) is 0 Å². The summed E-state index contributed by atoms with van der Waals surface area (Å²) in [5, 5.41) is 11.9. The van der Waals surface area contributed by atoms with Crippen LogP contribution in [0.25, 0.3) is 70.3 Å². The van der Waals surface area contributed by atoms with Crippen LogP contribution in [-0.2, 0) is 0 Å². The van der Waals surface area contributed by atoms with E-state index in [2.05, 4.69) is 48.5 Å². The third-order valence-electron chi connectivity index (χ3n) is 7.27. The third kappa shape index (κ3) is 1.88. The number of aromatic nitrogens is 1. The lowest BCUT2D eigenvalue weighted by atomic mass is 9.84. The molecule has 0 fully saturated rings. The molecule has 1 heterocycles. The van der Waals surface area contributed by atoms with Gasteiger partial charge in [-0.3, -0.25) is 9.59 Å². The third-order valence-corrected chi connectivity index (χ3v) is 7.27. The maximum atomic E-state index is 13.8. The zero-order valence-corrected chi connectivity index (χ0v) is 17.4. The highest BCUT2D eigenvalue weighted by atomic mass is 16.2. The van der Waals surface area contributed by atoms with Crippen molar-refractivity contribution in [3.05, 3.63) is 112 Å². The smallest absolute Gasteiger partial charge is 0.266 e. The molecule has 0 atom stereocenters. The van der Waals surface area contributed by atoms with Crippen molar-refractivity contribution < 1.29 is 0 Å². The van der Waals surface area contributed by atoms with Crippen LogP contribution < -0.4 is 11.1 Å². The molecule has 0 radical (unpaired) electrons. The lowest BCUT2D eigenvalue weighted by Crippen LogP contribution is -2.23. The first-order valence-electron chi connectivity index (χ1n) is 11.0. The van der Waals surface area contributed by atoms with Gasteiger partial charge in [0.05, 0.1) is 16.5 Å². The molecule has 0 bridgehead atoms. The van der Waals surface area contributed by atoms with E-state index in [1.165, 1.54) is 15.3 Å². The summed E-state index contributed by atoms with van der Waals surface area (Å²) < 4.78 is 1.33. The highest BCUT2D eigenvalue weighted by Gasteiger charge is 2.25. The molecule has 0 spiro atoms. The summed E-state index contributed by atoms with van der Waals surface area (Å²) in [6.07, 6.45) is 0. The standard InChI is InChI=1S/C30H15NO2/c32-29-27-21-14-12-16-6-4-10-19-20-11-5-7-17-13-15-22(26(24(17)20)25(21)23(16)19)28(27)30(33)31(29)18-8-2-1-3-9-18/h1-15H. The Balaban J connectivity index is 1.80. The topological polar surface area (TPSA) is 39.1 Å². The molecule has 8 rings (SSSR count). The van der Waals surface area contributed by atoms with Gasteiger partial charge in [0.1, 0.15) is 0 Å². The van der Waals surface area contributed by atoms with Gasteiger partial charge >= 0.3 is 0 Å². The van der Waals surface area contributed by atoms with Crippen LogP contribution in [0.1, 0.15) is 0 Å². The van der Waals surface area contributed by atoms with E-state index in [0.717, 1.165) is 43.1 Å². The van der Waals surface area contributed by atoms with Gasteiger partial charge in [-0.05, 0) is 66.0 Å². The van der Waals surface area contributed by atoms with Crippen molar-refractivity contribution in [1.29, 1.82) is 0 Å². The summed E-state index contributed by atoms with van der Waals surface area (Å²) in [6, 6.07) is 30.1. The number of rotatable bonds is 1. The van der Waals surface area contributed by atoms with E-state index in [1.54, 1.807) is 0 Å². The lowest BCUT2D eigenvalue weighted by molar-refractivity contribution is 0.992. The van der Waals surface area contributed by atoms with Gasteiger partial charge in [-0.1, -0.05) is 78.9 Å². The molecule has 0 saturated heterocycles. The molecule has 33 heavy (non-hydrogen) atoms. The summed E-state index contributed by atoms with van der Waals surface area (Å²) in [5.41, 5.74) is 0.0978. The Morgan fingerprint density at radius 2 is 0.909 bits per heavy atom. The van der Waals surface area contributed by atoms with Crippen LogP contribution in [0.4, 0.5) is 0 Å². The maximum absolute atomic E-state index is 13.8. The first-order valence-corrected chi connectivity index (χ1v) is 11.0. The fraction of sp³-hybridized carbons (Fsp3) is 0. The van der Waals surface area contributed by atoms with Crippen LogP contribution in [-0.4, -0.2) is 4.57 Å². The number of fused-ring (bicyclic) bond motifs is 4. The van der Waals surface area contributed by atoms with E-state index in [1.807, 2.05) is 42.5 Å². The predicted octanol–water partition coefficient (Wildman–Crippen LogP) is 6.43. The number of benzene rings is 7. The molecule has 3 nitrogen and oxygen atoms in total. The summed E-state index contributed by atoms with van der Waals surface area (Å²) in [6.45, 7) is 0. The molecule has 8 aromatic rings. The van der Waals surface area contributed by atoms with Gasteiger partial charge in [0.15, 0.2) is 0 Å². The van der Waals surface area contributed by atoms with Gasteiger partial charge < -0.3 is 0 Å². The molecule has 152 valence electrons. The highest BCUT2D eigenvalue weighted by molar-refractivity contribution is 6.44. The second-order valence-corrected chi connectivity index (χ2v) is 8.81. The Bertz CT molecular complexity index is 2020. The van der Waals surface area contributed by atoms with Crippen molar-refractivity contribution in [3.63, 3.8) is 0 Å². The van der Waals surface area contributed by atoms with Crippen LogP contribution in [0.3, 0.4) is 0 Å². The van der Waals surface area contributed by atoms with Crippen LogP contribution >= 0.6 is 0 Å². The zero-order chi connectivity index (χ0) is 21.8. The maximum Gasteiger partial charge on any atom is 0.266 e. The van der Waals surface area contributed by atoms with E-state index in [0.29, 0.717) is 16.5 Å². The van der Waals surface area contributed by atoms with E-state index in [-0.39, 0.29) is 11.1 Å². The average Bonchev–Trinajstić information content (AvgIpc) is 3.13. The van der Waals surface area contributed by atoms with Crippen molar-refractivity contribution in [2.75, 3.05) is 0 Å². The zero-order valence-electron chi connectivity index (χ0n) is 17.4. The van der Waals surface area contributed by atoms with E-state index in [4.69, 9.17) is 0 Å². The first kappa shape index (κ1) is 17.1. The molecule has 3 heteroatoms. The Morgan fingerprint density at radius 1 is 0.394 bits per heavy atom. The molecule has 0 saturated carbocycles. The van der Waals surface area contributed by atoms with Crippen molar-refractivity contribution in [2.24, 2.45) is 0 Å². The Kier molecular flexibility index (Phi) is 2.92. The molecule has 0 aliphatic heterocycles. The second kappa shape index (κ2) is 5.64. The van der Waals surface area contributed by atoms with Crippen LogP contribution in [0.15, 0.2) is 101 Å². The molecule has 0 N–H and O–H groups in total. The Morgan fingerprint density at radius 3 is 1.42 bits per heavy atom. The quantitative estimate of drug-likeness (QED) is 0.226. The number of hydrogen-bond donors (Lipinski definition) is 0. The molecule has 0 amide bonds. The van der Waals surface area contributed by atoms with Crippen molar-refractivity contribution in [1.82, 2.24) is 4.57 Å². The minimum Gasteiger partial charge on any atom is -0.268 e. The number of nitrogens with zero attached hydrogens (tertiary/aromatic N) is 1. The minimum atomic E-state index is -0.251. The Labute approximate surface area is 186 Å². The highest BCUT2D eigenvalue weighted by Crippen LogP contribution is 2.46. The van der Waals surface area contributed by atoms with Gasteiger partial charge in [0, 0.05) is 0 Å². The molecule has 0 unspecified atom stereocenters. The monoisotopic (exact) mass is 421 g/mol. The van der Waals surface area contributed by atoms with Crippen molar-refractivity contribution in [2.45, 2.75) is 0 Å². The van der Waals surface area contributed by atoms with Gasteiger partial charge in [-0.15, -0.1) is 0 Å². The van der Waals surface area contributed by atoms with Gasteiger partial charge in [0.25, 0.3) is 11.1 Å². The lowest BCUT2D eigenvalue weighted by Gasteiger charge is -2.18. The molecule has 7 aromatic carbocycles. The summed E-state index contributed by atoms with van der Waals surface area (Å²) in [5.74, 6) is 0. The molecule has 0 aliphatic rings. The average molecular weight is 421 g/mol. The first-order chi connectivity index (χ1) is 16.2. The van der Waals surface area contributed by atoms with E-state index in [9.17, 15) is 9.59 Å². The normalized spacial score (nSPS) is 12.5. The fourth-order valence-electron chi connectivity index (χ4n) is 5.98. The molecular weight excluding hydrogens is 406 g/mol. The SMILES string of the molecule is O=c1c2c3ccc4cccc5c6cccc7ccc(c2c(=O)n1-c1ccccc1)c(c76)c3c45. The van der Waals surface area contributed by atoms with Gasteiger partial charge in [0.2, 0.25) is 0 Å². The molecular formula is C30H15NO2. The largest absolute Gasteiger partial charge is 0.268 e. The van der Waals surface area contributed by atoms with Gasteiger partial charge in [-0.2, -0.15) is 0 Å². The van der Waals surface area contributed by atoms with Crippen molar-refractivity contribution >= 4 is 64.6 Å².